The highest BCUT2D eigenvalue weighted by molar-refractivity contribution is 7.99. The maximum atomic E-state index is 11.9. The molecule has 0 amide bonds. The second-order valence-electron chi connectivity index (χ2n) is 4.83. The van der Waals surface area contributed by atoms with Crippen molar-refractivity contribution in [3.63, 3.8) is 0 Å². The molecule has 1 N–H and O–H groups in total. The van der Waals surface area contributed by atoms with E-state index in [0.29, 0.717) is 17.9 Å². The summed E-state index contributed by atoms with van der Waals surface area (Å²) in [5, 5.41) is 3.95. The molecule has 1 fully saturated rings. The SMILES string of the molecule is CCOC(=O)C(C)(CSC(C)C)NC1CC1. The Hall–Kier alpha value is -0.220. The van der Waals surface area contributed by atoms with E-state index in [-0.39, 0.29) is 5.97 Å². The van der Waals surface area contributed by atoms with Gasteiger partial charge in [-0.3, -0.25) is 10.1 Å². The van der Waals surface area contributed by atoms with Gasteiger partial charge < -0.3 is 4.74 Å². The van der Waals surface area contributed by atoms with Crippen molar-refractivity contribution in [2.45, 2.75) is 57.4 Å². The van der Waals surface area contributed by atoms with Crippen LogP contribution in [0.5, 0.6) is 0 Å². The molecular formula is C12H23NO2S. The number of nitrogens with one attached hydrogen (secondary N) is 1. The third-order valence-corrected chi connectivity index (χ3v) is 3.94. The van der Waals surface area contributed by atoms with Gasteiger partial charge in [-0.15, -0.1) is 0 Å². The summed E-state index contributed by atoms with van der Waals surface area (Å²) in [6.07, 6.45) is 2.36. The van der Waals surface area contributed by atoms with E-state index in [4.69, 9.17) is 4.74 Å². The maximum absolute atomic E-state index is 11.9. The first-order valence-corrected chi connectivity index (χ1v) is 7.09. The van der Waals surface area contributed by atoms with Gasteiger partial charge in [0.2, 0.25) is 0 Å². The predicted octanol–water partition coefficient (Wildman–Crippen LogP) is 2.20. The first-order chi connectivity index (χ1) is 7.48. The molecule has 4 heteroatoms. The van der Waals surface area contributed by atoms with Gasteiger partial charge in [0.1, 0.15) is 5.54 Å². The Morgan fingerprint density at radius 2 is 2.19 bits per heavy atom. The van der Waals surface area contributed by atoms with Gasteiger partial charge in [0.05, 0.1) is 6.61 Å². The standard InChI is InChI=1S/C12H23NO2S/c1-5-15-11(14)12(4,8-16-9(2)3)13-10-6-7-10/h9-10,13H,5-8H2,1-4H3. The quantitative estimate of drug-likeness (QED) is 0.698. The van der Waals surface area contributed by atoms with Crippen molar-refractivity contribution in [3.8, 4) is 0 Å². The molecule has 1 atom stereocenters. The van der Waals surface area contributed by atoms with Crippen molar-refractivity contribution >= 4 is 17.7 Å². The normalized spacial score (nSPS) is 19.6. The number of rotatable bonds is 7. The molecule has 0 bridgehead atoms. The predicted molar refractivity (Wildman–Crippen MR) is 68.8 cm³/mol. The van der Waals surface area contributed by atoms with E-state index in [2.05, 4.69) is 19.2 Å². The molecule has 1 unspecified atom stereocenters. The molecular weight excluding hydrogens is 222 g/mol. The topological polar surface area (TPSA) is 38.3 Å². The Morgan fingerprint density at radius 3 is 2.62 bits per heavy atom. The average Bonchev–Trinajstić information content (AvgIpc) is 2.99. The lowest BCUT2D eigenvalue weighted by atomic mass is 10.1. The van der Waals surface area contributed by atoms with Crippen LogP contribution in [0.1, 0.15) is 40.5 Å². The van der Waals surface area contributed by atoms with Gasteiger partial charge in [-0.1, -0.05) is 13.8 Å². The molecule has 3 nitrogen and oxygen atoms in total. The zero-order valence-corrected chi connectivity index (χ0v) is 11.5. The largest absolute Gasteiger partial charge is 0.465 e. The molecule has 1 aliphatic carbocycles. The van der Waals surface area contributed by atoms with Crippen LogP contribution in [0, 0.1) is 0 Å². The lowest BCUT2D eigenvalue weighted by Crippen LogP contribution is -2.53. The van der Waals surface area contributed by atoms with E-state index in [1.807, 2.05) is 13.8 Å². The van der Waals surface area contributed by atoms with Crippen molar-refractivity contribution in [2.24, 2.45) is 0 Å². The Kier molecular flexibility index (Phi) is 5.12. The van der Waals surface area contributed by atoms with Gasteiger partial charge in [0, 0.05) is 11.8 Å². The highest BCUT2D eigenvalue weighted by atomic mass is 32.2. The summed E-state index contributed by atoms with van der Waals surface area (Å²) >= 11 is 1.80. The monoisotopic (exact) mass is 245 g/mol. The number of thioether (sulfide) groups is 1. The fraction of sp³-hybridized carbons (Fsp3) is 0.917. The minimum atomic E-state index is -0.522. The van der Waals surface area contributed by atoms with Crippen molar-refractivity contribution in [2.75, 3.05) is 12.4 Å². The van der Waals surface area contributed by atoms with Crippen LogP contribution in [0.4, 0.5) is 0 Å². The van der Waals surface area contributed by atoms with Crippen LogP contribution < -0.4 is 5.32 Å². The van der Waals surface area contributed by atoms with Crippen LogP contribution in [-0.4, -0.2) is 35.2 Å². The number of carbonyl (C=O) groups is 1. The Bertz CT molecular complexity index is 241. The summed E-state index contributed by atoms with van der Waals surface area (Å²) < 4.78 is 5.15. The Morgan fingerprint density at radius 1 is 1.56 bits per heavy atom. The Labute approximate surface area is 103 Å². The van der Waals surface area contributed by atoms with Gasteiger partial charge in [-0.25, -0.2) is 0 Å². The van der Waals surface area contributed by atoms with Crippen molar-refractivity contribution < 1.29 is 9.53 Å². The van der Waals surface area contributed by atoms with Crippen LogP contribution >= 0.6 is 11.8 Å². The number of ether oxygens (including phenoxy) is 1. The molecule has 0 aromatic rings. The van der Waals surface area contributed by atoms with Crippen molar-refractivity contribution in [1.82, 2.24) is 5.32 Å². The van der Waals surface area contributed by atoms with Gasteiger partial charge in [-0.05, 0) is 31.9 Å². The van der Waals surface area contributed by atoms with Gasteiger partial charge >= 0.3 is 5.97 Å². The Balaban J connectivity index is 2.54. The molecule has 0 aromatic carbocycles. The number of carbonyl (C=O) groups excluding carboxylic acids is 1. The molecule has 0 saturated heterocycles. The first-order valence-electron chi connectivity index (χ1n) is 6.04. The summed E-state index contributed by atoms with van der Waals surface area (Å²) in [6, 6.07) is 0.516. The lowest BCUT2D eigenvalue weighted by molar-refractivity contribution is -0.149. The first kappa shape index (κ1) is 13.8. The lowest BCUT2D eigenvalue weighted by Gasteiger charge is -2.29. The summed E-state index contributed by atoms with van der Waals surface area (Å²) in [5.74, 6) is 0.662. The van der Waals surface area contributed by atoms with E-state index in [0.717, 1.165) is 5.75 Å². The van der Waals surface area contributed by atoms with Crippen molar-refractivity contribution in [1.29, 1.82) is 0 Å². The van der Waals surface area contributed by atoms with E-state index in [1.54, 1.807) is 11.8 Å². The zero-order chi connectivity index (χ0) is 12.2. The number of hydrogen-bond acceptors (Lipinski definition) is 4. The summed E-state index contributed by atoms with van der Waals surface area (Å²) in [7, 11) is 0. The summed E-state index contributed by atoms with van der Waals surface area (Å²) in [6.45, 7) is 8.55. The molecule has 0 spiro atoms. The molecule has 0 radical (unpaired) electrons. The van der Waals surface area contributed by atoms with E-state index in [9.17, 15) is 4.79 Å². The van der Waals surface area contributed by atoms with Crippen LogP contribution in [0.2, 0.25) is 0 Å². The average molecular weight is 245 g/mol. The minimum Gasteiger partial charge on any atom is -0.465 e. The second kappa shape index (κ2) is 5.92. The molecule has 0 heterocycles. The molecule has 94 valence electrons. The van der Waals surface area contributed by atoms with Crippen LogP contribution in [0.25, 0.3) is 0 Å². The fourth-order valence-electron chi connectivity index (χ4n) is 1.46. The second-order valence-corrected chi connectivity index (χ2v) is 6.40. The molecule has 1 saturated carbocycles. The van der Waals surface area contributed by atoms with Crippen LogP contribution in [0.3, 0.4) is 0 Å². The highest BCUT2D eigenvalue weighted by Crippen LogP contribution is 2.26. The molecule has 1 aliphatic rings. The van der Waals surface area contributed by atoms with Crippen molar-refractivity contribution in [3.05, 3.63) is 0 Å². The third kappa shape index (κ3) is 4.34. The van der Waals surface area contributed by atoms with E-state index in [1.165, 1.54) is 12.8 Å². The van der Waals surface area contributed by atoms with E-state index < -0.39 is 5.54 Å². The van der Waals surface area contributed by atoms with Gasteiger partial charge in [-0.2, -0.15) is 11.8 Å². The molecule has 0 aromatic heterocycles. The van der Waals surface area contributed by atoms with Gasteiger partial charge in [0.25, 0.3) is 0 Å². The summed E-state index contributed by atoms with van der Waals surface area (Å²) in [4.78, 5) is 11.9. The maximum Gasteiger partial charge on any atom is 0.326 e. The fourth-order valence-corrected chi connectivity index (χ4v) is 2.33. The highest BCUT2D eigenvalue weighted by Gasteiger charge is 2.39. The minimum absolute atomic E-state index is 0.116. The van der Waals surface area contributed by atoms with E-state index >= 15 is 0 Å². The smallest absolute Gasteiger partial charge is 0.326 e. The zero-order valence-electron chi connectivity index (χ0n) is 10.7. The number of hydrogen-bond donors (Lipinski definition) is 1. The summed E-state index contributed by atoms with van der Waals surface area (Å²) in [5.41, 5.74) is -0.522. The molecule has 16 heavy (non-hydrogen) atoms. The van der Waals surface area contributed by atoms with Crippen LogP contribution in [0.15, 0.2) is 0 Å². The molecule has 0 aliphatic heterocycles. The van der Waals surface area contributed by atoms with Gasteiger partial charge in [0.15, 0.2) is 0 Å². The number of esters is 1. The van der Waals surface area contributed by atoms with Crippen LogP contribution in [-0.2, 0) is 9.53 Å². The third-order valence-electron chi connectivity index (χ3n) is 2.53. The molecule has 1 rings (SSSR count).